The number of hydrogen-bond donors (Lipinski definition) is 3. The molecule has 0 aliphatic carbocycles. The van der Waals surface area contributed by atoms with Gasteiger partial charge in [0, 0.05) is 29.6 Å². The number of halogens is 1. The lowest BCUT2D eigenvalue weighted by atomic mass is 10.1. The Balaban J connectivity index is 2.19. The molecular formula is C14H15FN2O2. The molecule has 0 radical (unpaired) electrons. The number of rotatable bonds is 4. The molecule has 2 rings (SSSR count). The minimum absolute atomic E-state index is 0.0705. The van der Waals surface area contributed by atoms with E-state index in [4.69, 9.17) is 0 Å². The fourth-order valence-electron chi connectivity index (χ4n) is 1.78. The molecule has 5 heteroatoms. The van der Waals surface area contributed by atoms with Crippen molar-refractivity contribution in [2.75, 3.05) is 5.32 Å². The molecule has 0 amide bonds. The van der Waals surface area contributed by atoms with Crippen LogP contribution in [0.25, 0.3) is 0 Å². The van der Waals surface area contributed by atoms with Gasteiger partial charge in [-0.15, -0.1) is 0 Å². The van der Waals surface area contributed by atoms with Crippen LogP contribution >= 0.6 is 0 Å². The summed E-state index contributed by atoms with van der Waals surface area (Å²) in [6.07, 6.45) is 1.54. The first-order chi connectivity index (χ1) is 9.11. The lowest BCUT2D eigenvalue weighted by Crippen LogP contribution is -2.05. The molecule has 0 saturated carbocycles. The van der Waals surface area contributed by atoms with Gasteiger partial charge in [0.05, 0.1) is 12.3 Å². The fourth-order valence-corrected chi connectivity index (χ4v) is 1.78. The van der Waals surface area contributed by atoms with Crippen LogP contribution < -0.4 is 5.32 Å². The van der Waals surface area contributed by atoms with Crippen molar-refractivity contribution in [1.82, 2.24) is 4.98 Å². The van der Waals surface area contributed by atoms with E-state index in [0.717, 1.165) is 5.69 Å². The van der Waals surface area contributed by atoms with Crippen molar-refractivity contribution >= 4 is 5.69 Å². The van der Waals surface area contributed by atoms with Crippen LogP contribution in [0, 0.1) is 12.7 Å². The maximum Gasteiger partial charge on any atom is 0.142 e. The van der Waals surface area contributed by atoms with Crippen molar-refractivity contribution < 1.29 is 14.6 Å². The highest BCUT2D eigenvalue weighted by molar-refractivity contribution is 5.47. The molecule has 1 aromatic heterocycles. The SMILES string of the molecule is Cc1ncc(CO)c(CNc2ccc(F)cc2)c1O. The standard InChI is InChI=1S/C14H15FN2O2/c1-9-14(19)13(10(8-18)6-16-9)7-17-12-4-2-11(15)3-5-12/h2-6,17-19H,7-8H2,1H3. The van der Waals surface area contributed by atoms with E-state index in [9.17, 15) is 14.6 Å². The van der Waals surface area contributed by atoms with Gasteiger partial charge in [-0.3, -0.25) is 4.98 Å². The molecule has 2 aromatic rings. The molecular weight excluding hydrogens is 247 g/mol. The van der Waals surface area contributed by atoms with E-state index in [1.807, 2.05) is 0 Å². The third-order valence-electron chi connectivity index (χ3n) is 2.91. The van der Waals surface area contributed by atoms with Gasteiger partial charge in [0.2, 0.25) is 0 Å². The van der Waals surface area contributed by atoms with Gasteiger partial charge in [0.15, 0.2) is 0 Å². The number of hydrogen-bond acceptors (Lipinski definition) is 4. The monoisotopic (exact) mass is 262 g/mol. The third kappa shape index (κ3) is 3.00. The Morgan fingerprint density at radius 3 is 2.58 bits per heavy atom. The highest BCUT2D eigenvalue weighted by Crippen LogP contribution is 2.24. The molecule has 0 unspecified atom stereocenters. The summed E-state index contributed by atoms with van der Waals surface area (Å²) >= 11 is 0. The normalized spacial score (nSPS) is 10.5. The minimum Gasteiger partial charge on any atom is -0.506 e. The van der Waals surface area contributed by atoms with Gasteiger partial charge < -0.3 is 15.5 Å². The van der Waals surface area contributed by atoms with Gasteiger partial charge in [-0.2, -0.15) is 0 Å². The maximum absolute atomic E-state index is 12.8. The van der Waals surface area contributed by atoms with Crippen molar-refractivity contribution in [1.29, 1.82) is 0 Å². The summed E-state index contributed by atoms with van der Waals surface area (Å²) in [5.74, 6) is -0.231. The lowest BCUT2D eigenvalue weighted by Gasteiger charge is -2.13. The molecule has 0 fully saturated rings. The predicted molar refractivity (Wildman–Crippen MR) is 70.3 cm³/mol. The van der Waals surface area contributed by atoms with E-state index in [1.54, 1.807) is 19.1 Å². The molecule has 0 atom stereocenters. The van der Waals surface area contributed by atoms with E-state index in [0.29, 0.717) is 23.4 Å². The molecule has 100 valence electrons. The van der Waals surface area contributed by atoms with Crippen LogP contribution in [-0.2, 0) is 13.2 Å². The number of pyridine rings is 1. The Kier molecular flexibility index (Phi) is 3.97. The summed E-state index contributed by atoms with van der Waals surface area (Å²) in [6.45, 7) is 1.83. The number of aliphatic hydroxyl groups is 1. The van der Waals surface area contributed by atoms with E-state index in [-0.39, 0.29) is 18.2 Å². The Labute approximate surface area is 110 Å². The Morgan fingerprint density at radius 1 is 1.26 bits per heavy atom. The largest absolute Gasteiger partial charge is 0.506 e. The van der Waals surface area contributed by atoms with Gasteiger partial charge >= 0.3 is 0 Å². The van der Waals surface area contributed by atoms with Crippen LogP contribution in [0.2, 0.25) is 0 Å². The smallest absolute Gasteiger partial charge is 0.142 e. The second-order valence-corrected chi connectivity index (χ2v) is 4.21. The zero-order valence-corrected chi connectivity index (χ0v) is 10.5. The maximum atomic E-state index is 12.8. The Hall–Kier alpha value is -2.14. The van der Waals surface area contributed by atoms with Gasteiger partial charge in [0.1, 0.15) is 11.6 Å². The van der Waals surface area contributed by atoms with Crippen LogP contribution in [0.5, 0.6) is 5.75 Å². The Bertz CT molecular complexity index is 570. The number of benzene rings is 1. The van der Waals surface area contributed by atoms with Crippen LogP contribution in [0.15, 0.2) is 30.5 Å². The van der Waals surface area contributed by atoms with E-state index < -0.39 is 0 Å². The highest BCUT2D eigenvalue weighted by Gasteiger charge is 2.10. The van der Waals surface area contributed by atoms with Crippen molar-refractivity contribution in [3.63, 3.8) is 0 Å². The van der Waals surface area contributed by atoms with Crippen molar-refractivity contribution in [2.45, 2.75) is 20.1 Å². The molecule has 1 heterocycles. The van der Waals surface area contributed by atoms with Crippen molar-refractivity contribution in [3.8, 4) is 5.75 Å². The average Bonchev–Trinajstić information content (AvgIpc) is 2.42. The number of aromatic nitrogens is 1. The van der Waals surface area contributed by atoms with Crippen LogP contribution in [0.4, 0.5) is 10.1 Å². The molecule has 4 nitrogen and oxygen atoms in total. The number of aromatic hydroxyl groups is 1. The quantitative estimate of drug-likeness (QED) is 0.791. The summed E-state index contributed by atoms with van der Waals surface area (Å²) in [5, 5.41) is 22.3. The second-order valence-electron chi connectivity index (χ2n) is 4.21. The van der Waals surface area contributed by atoms with Crippen molar-refractivity contribution in [2.24, 2.45) is 0 Å². The number of aliphatic hydroxyl groups excluding tert-OH is 1. The molecule has 19 heavy (non-hydrogen) atoms. The second kappa shape index (κ2) is 5.67. The molecule has 0 aliphatic rings. The summed E-state index contributed by atoms with van der Waals surface area (Å²) < 4.78 is 12.8. The molecule has 1 aromatic carbocycles. The topological polar surface area (TPSA) is 65.4 Å². The number of aryl methyl sites for hydroxylation is 1. The predicted octanol–water partition coefficient (Wildman–Crippen LogP) is 2.34. The summed E-state index contributed by atoms with van der Waals surface area (Å²) in [7, 11) is 0. The van der Waals surface area contributed by atoms with Gasteiger partial charge in [-0.05, 0) is 31.2 Å². The van der Waals surface area contributed by atoms with Crippen molar-refractivity contribution in [3.05, 3.63) is 53.1 Å². The molecule has 0 saturated heterocycles. The van der Waals surface area contributed by atoms with E-state index in [2.05, 4.69) is 10.3 Å². The van der Waals surface area contributed by atoms with Gasteiger partial charge in [-0.25, -0.2) is 4.39 Å². The first kappa shape index (κ1) is 13.3. The van der Waals surface area contributed by atoms with E-state index >= 15 is 0 Å². The van der Waals surface area contributed by atoms with E-state index in [1.165, 1.54) is 18.3 Å². The third-order valence-corrected chi connectivity index (χ3v) is 2.91. The van der Waals surface area contributed by atoms with Crippen LogP contribution in [-0.4, -0.2) is 15.2 Å². The summed E-state index contributed by atoms with van der Waals surface area (Å²) in [6, 6.07) is 5.93. The molecule has 0 bridgehead atoms. The molecule has 0 spiro atoms. The minimum atomic E-state index is -0.302. The average molecular weight is 262 g/mol. The highest BCUT2D eigenvalue weighted by atomic mass is 19.1. The zero-order valence-electron chi connectivity index (χ0n) is 10.5. The fraction of sp³-hybridized carbons (Fsp3) is 0.214. The molecule has 0 aliphatic heterocycles. The number of anilines is 1. The van der Waals surface area contributed by atoms with Gasteiger partial charge in [-0.1, -0.05) is 0 Å². The van der Waals surface area contributed by atoms with Gasteiger partial charge in [0.25, 0.3) is 0 Å². The first-order valence-electron chi connectivity index (χ1n) is 5.88. The number of nitrogens with one attached hydrogen (secondary N) is 1. The van der Waals surface area contributed by atoms with Crippen LogP contribution in [0.3, 0.4) is 0 Å². The summed E-state index contributed by atoms with van der Waals surface area (Å²) in [5.41, 5.74) is 2.41. The summed E-state index contributed by atoms with van der Waals surface area (Å²) in [4.78, 5) is 3.99. The Morgan fingerprint density at radius 2 is 1.95 bits per heavy atom. The lowest BCUT2D eigenvalue weighted by molar-refractivity contribution is 0.279. The zero-order chi connectivity index (χ0) is 13.8. The molecule has 3 N–H and O–H groups in total. The van der Waals surface area contributed by atoms with Crippen LogP contribution in [0.1, 0.15) is 16.8 Å². The first-order valence-corrected chi connectivity index (χ1v) is 5.88. The number of nitrogens with zero attached hydrogens (tertiary/aromatic N) is 1.